The number of nitrogens with zero attached hydrogens (tertiary/aromatic N) is 4. The van der Waals surface area contributed by atoms with Crippen molar-refractivity contribution in [2.75, 3.05) is 11.9 Å². The molecule has 2 unspecified atom stereocenters. The molecule has 0 amide bonds. The lowest BCUT2D eigenvalue weighted by molar-refractivity contribution is 0.107. The molecule has 5 rings (SSSR count). The van der Waals surface area contributed by atoms with E-state index >= 15 is 0 Å². The number of imidazole rings is 1. The largest absolute Gasteiger partial charge is 0.371 e. The van der Waals surface area contributed by atoms with E-state index < -0.39 is 5.82 Å². The van der Waals surface area contributed by atoms with Crippen LogP contribution in [-0.4, -0.2) is 32.2 Å². The van der Waals surface area contributed by atoms with Crippen molar-refractivity contribution in [2.24, 2.45) is 0 Å². The topological polar surface area (TPSA) is 64.3 Å². The van der Waals surface area contributed by atoms with Crippen molar-refractivity contribution in [1.29, 1.82) is 0 Å². The Morgan fingerprint density at radius 2 is 2.25 bits per heavy atom. The van der Waals surface area contributed by atoms with Crippen molar-refractivity contribution in [3.05, 3.63) is 65.3 Å². The zero-order valence-electron chi connectivity index (χ0n) is 14.5. The zero-order valence-corrected chi connectivity index (χ0v) is 16.1. The lowest BCUT2D eigenvalue weighted by Gasteiger charge is -2.19. The number of rotatable bonds is 4. The highest BCUT2D eigenvalue weighted by Gasteiger charge is 2.31. The fraction of sp³-hybridized carbons (Fsp3) is 0.211. The highest BCUT2D eigenvalue weighted by atomic mass is 35.5. The van der Waals surface area contributed by atoms with E-state index in [1.165, 1.54) is 17.4 Å². The van der Waals surface area contributed by atoms with E-state index in [2.05, 4.69) is 20.4 Å². The number of aromatic nitrogens is 4. The maximum atomic E-state index is 13.8. The summed E-state index contributed by atoms with van der Waals surface area (Å²) in [7, 11) is 0. The molecule has 28 heavy (non-hydrogen) atoms. The van der Waals surface area contributed by atoms with Gasteiger partial charge in [-0.05, 0) is 36.2 Å². The van der Waals surface area contributed by atoms with Crippen LogP contribution in [0.1, 0.15) is 18.1 Å². The minimum absolute atomic E-state index is 0.00535. The summed E-state index contributed by atoms with van der Waals surface area (Å²) in [4.78, 5) is 9.53. The summed E-state index contributed by atoms with van der Waals surface area (Å²) in [6.07, 6.45) is 5.93. The summed E-state index contributed by atoms with van der Waals surface area (Å²) in [5.74, 6) is -0.441. The van der Waals surface area contributed by atoms with Crippen molar-refractivity contribution in [3.8, 4) is 11.3 Å². The molecule has 4 aromatic rings. The quantitative estimate of drug-likeness (QED) is 0.528. The predicted molar refractivity (Wildman–Crippen MR) is 106 cm³/mol. The molecular weight excluding hydrogens is 401 g/mol. The molecule has 3 aromatic heterocycles. The number of nitrogens with one attached hydrogen (secondary N) is 1. The molecule has 1 saturated heterocycles. The van der Waals surface area contributed by atoms with Crippen LogP contribution in [0.25, 0.3) is 16.2 Å². The summed E-state index contributed by atoms with van der Waals surface area (Å²) in [5, 5.41) is 8.84. The average molecular weight is 416 g/mol. The van der Waals surface area contributed by atoms with Crippen molar-refractivity contribution in [1.82, 2.24) is 19.6 Å². The molecule has 1 N–H and O–H groups in total. The first-order valence-corrected chi connectivity index (χ1v) is 9.96. The third-order valence-electron chi connectivity index (χ3n) is 4.67. The van der Waals surface area contributed by atoms with Gasteiger partial charge in [-0.1, -0.05) is 29.0 Å². The van der Waals surface area contributed by atoms with Gasteiger partial charge in [-0.15, -0.1) is 5.10 Å². The number of hydrogen-bond donors (Lipinski definition) is 1. The predicted octanol–water partition coefficient (Wildman–Crippen LogP) is 4.59. The number of pyridine rings is 1. The number of ether oxygens (including phenoxy) is 1. The minimum atomic E-state index is -0.441. The van der Waals surface area contributed by atoms with E-state index in [1.54, 1.807) is 29.0 Å². The monoisotopic (exact) mass is 415 g/mol. The Balaban J connectivity index is 1.37. The van der Waals surface area contributed by atoms with Crippen LogP contribution >= 0.6 is 22.9 Å². The second kappa shape index (κ2) is 7.12. The van der Waals surface area contributed by atoms with Gasteiger partial charge in [0.05, 0.1) is 23.0 Å². The van der Waals surface area contributed by atoms with E-state index in [0.29, 0.717) is 6.61 Å². The Morgan fingerprint density at radius 3 is 3.04 bits per heavy atom. The number of benzene rings is 1. The summed E-state index contributed by atoms with van der Waals surface area (Å²) < 4.78 is 21.4. The number of hydrogen-bond acceptors (Lipinski definition) is 6. The summed E-state index contributed by atoms with van der Waals surface area (Å²) in [6.45, 7) is 0.597. The van der Waals surface area contributed by atoms with Crippen LogP contribution in [0, 0.1) is 5.82 Å². The number of fused-ring (bicyclic) bond motifs is 1. The molecule has 0 radical (unpaired) electrons. The van der Waals surface area contributed by atoms with E-state index in [1.807, 2.05) is 18.3 Å². The lowest BCUT2D eigenvalue weighted by atomic mass is 10.0. The molecule has 9 heteroatoms. The highest BCUT2D eigenvalue weighted by Crippen LogP contribution is 2.34. The SMILES string of the molecule is Fc1cc(C2OCCC2Nc2nn3cc(-c4cccnc4)nc3s2)ccc1Cl. The fourth-order valence-corrected chi connectivity index (χ4v) is 4.29. The second-order valence-corrected chi connectivity index (χ2v) is 7.87. The summed E-state index contributed by atoms with van der Waals surface area (Å²) in [6, 6.07) is 8.62. The molecule has 1 aromatic carbocycles. The van der Waals surface area contributed by atoms with Crippen LogP contribution in [0.5, 0.6) is 0 Å². The van der Waals surface area contributed by atoms with Gasteiger partial charge in [0.2, 0.25) is 10.1 Å². The summed E-state index contributed by atoms with van der Waals surface area (Å²) in [5.41, 5.74) is 2.54. The minimum Gasteiger partial charge on any atom is -0.371 e. The van der Waals surface area contributed by atoms with Crippen molar-refractivity contribution < 1.29 is 9.13 Å². The zero-order chi connectivity index (χ0) is 19.1. The van der Waals surface area contributed by atoms with Gasteiger partial charge in [-0.2, -0.15) is 0 Å². The first kappa shape index (κ1) is 17.5. The van der Waals surface area contributed by atoms with Gasteiger partial charge in [0, 0.05) is 24.6 Å². The molecule has 0 bridgehead atoms. The van der Waals surface area contributed by atoms with Gasteiger partial charge in [0.15, 0.2) is 0 Å². The van der Waals surface area contributed by atoms with Crippen molar-refractivity contribution in [3.63, 3.8) is 0 Å². The Labute approximate surface area is 169 Å². The molecule has 0 spiro atoms. The molecule has 1 aliphatic rings. The van der Waals surface area contributed by atoms with Crippen molar-refractivity contribution in [2.45, 2.75) is 18.6 Å². The van der Waals surface area contributed by atoms with Crippen LogP contribution in [0.4, 0.5) is 9.52 Å². The first-order chi connectivity index (χ1) is 13.7. The normalized spacial score (nSPS) is 19.4. The van der Waals surface area contributed by atoms with Crippen LogP contribution in [0.3, 0.4) is 0 Å². The molecular formula is C19H15ClFN5OS. The number of halogens is 2. The maximum absolute atomic E-state index is 13.8. The molecule has 142 valence electrons. The smallest absolute Gasteiger partial charge is 0.214 e. The average Bonchev–Trinajstić information content (AvgIpc) is 3.40. The van der Waals surface area contributed by atoms with Gasteiger partial charge < -0.3 is 10.1 Å². The molecule has 0 aliphatic carbocycles. The Morgan fingerprint density at radius 1 is 1.32 bits per heavy atom. The van der Waals surface area contributed by atoms with Crippen LogP contribution < -0.4 is 5.32 Å². The Kier molecular flexibility index (Phi) is 4.46. The third kappa shape index (κ3) is 3.23. The molecule has 0 saturated carbocycles. The van der Waals surface area contributed by atoms with Gasteiger partial charge >= 0.3 is 0 Å². The van der Waals surface area contributed by atoms with Crippen LogP contribution in [0.2, 0.25) is 5.02 Å². The van der Waals surface area contributed by atoms with E-state index in [-0.39, 0.29) is 17.2 Å². The second-order valence-electron chi connectivity index (χ2n) is 6.51. The molecule has 1 fully saturated rings. The fourth-order valence-electron chi connectivity index (χ4n) is 3.33. The molecule has 6 nitrogen and oxygen atoms in total. The lowest BCUT2D eigenvalue weighted by Crippen LogP contribution is -2.23. The van der Waals surface area contributed by atoms with Gasteiger partial charge in [-0.25, -0.2) is 13.9 Å². The maximum Gasteiger partial charge on any atom is 0.214 e. The highest BCUT2D eigenvalue weighted by molar-refractivity contribution is 7.20. The molecule has 2 atom stereocenters. The van der Waals surface area contributed by atoms with E-state index in [0.717, 1.165) is 33.3 Å². The van der Waals surface area contributed by atoms with Gasteiger partial charge in [0.25, 0.3) is 0 Å². The Hall–Kier alpha value is -2.55. The summed E-state index contributed by atoms with van der Waals surface area (Å²) >= 11 is 7.25. The van der Waals surface area contributed by atoms with E-state index in [4.69, 9.17) is 16.3 Å². The Bertz CT molecular complexity index is 1100. The molecule has 1 aliphatic heterocycles. The van der Waals surface area contributed by atoms with E-state index in [9.17, 15) is 4.39 Å². The van der Waals surface area contributed by atoms with Crippen molar-refractivity contribution >= 4 is 33.0 Å². The van der Waals surface area contributed by atoms with Gasteiger partial charge in [0.1, 0.15) is 11.9 Å². The standard InChI is InChI=1S/C19H15ClFN5OS/c20-13-4-3-11(8-14(13)21)17-15(5-7-27-17)23-18-25-26-10-16(24-19(26)28-18)12-2-1-6-22-9-12/h1-4,6,8-10,15,17H,5,7H2,(H,23,25). The first-order valence-electron chi connectivity index (χ1n) is 8.77. The number of anilines is 1. The molecule has 4 heterocycles. The third-order valence-corrected chi connectivity index (χ3v) is 5.83. The van der Waals surface area contributed by atoms with Crippen LogP contribution in [-0.2, 0) is 4.74 Å². The van der Waals surface area contributed by atoms with Gasteiger partial charge in [-0.3, -0.25) is 4.98 Å². The van der Waals surface area contributed by atoms with Crippen LogP contribution in [0.15, 0.2) is 48.9 Å².